The second-order valence-electron chi connectivity index (χ2n) is 9.97. The van der Waals surface area contributed by atoms with E-state index in [1.165, 1.54) is 37.7 Å². The first-order valence-corrected chi connectivity index (χ1v) is 14.1. The zero-order valence-electron chi connectivity index (χ0n) is 19.3. The summed E-state index contributed by atoms with van der Waals surface area (Å²) in [5, 5.41) is 0. The number of benzene rings is 2. The minimum Gasteiger partial charge on any atom is -0.454 e. The van der Waals surface area contributed by atoms with Crippen LogP contribution in [-0.4, -0.2) is 45.5 Å². The quantitative estimate of drug-likeness (QED) is 0.553. The summed E-state index contributed by atoms with van der Waals surface area (Å²) in [7, 11) is -3.16. The third-order valence-corrected chi connectivity index (χ3v) is 9.73. The highest BCUT2D eigenvalue weighted by Gasteiger charge is 2.29. The van der Waals surface area contributed by atoms with Crippen molar-refractivity contribution in [3.8, 4) is 11.5 Å². The fourth-order valence-corrected chi connectivity index (χ4v) is 7.55. The summed E-state index contributed by atoms with van der Waals surface area (Å²) in [6.45, 7) is 3.78. The van der Waals surface area contributed by atoms with E-state index in [1.54, 1.807) is 24.3 Å². The third kappa shape index (κ3) is 5.38. The molecule has 2 aliphatic heterocycles. The number of piperidine rings is 1. The molecule has 1 saturated heterocycles. The van der Waals surface area contributed by atoms with Crippen molar-refractivity contribution in [1.82, 2.24) is 4.90 Å². The second kappa shape index (κ2) is 10.1. The molecule has 2 fully saturated rings. The van der Waals surface area contributed by atoms with Crippen LogP contribution in [0.2, 0.25) is 0 Å². The molecule has 0 aromatic heterocycles. The second-order valence-corrected chi connectivity index (χ2v) is 12.0. The van der Waals surface area contributed by atoms with Gasteiger partial charge in [0, 0.05) is 5.56 Å². The zero-order valence-corrected chi connectivity index (χ0v) is 20.1. The van der Waals surface area contributed by atoms with Gasteiger partial charge in [0.2, 0.25) is 6.79 Å². The highest BCUT2D eigenvalue weighted by atomic mass is 32.2. The largest absolute Gasteiger partial charge is 0.454 e. The summed E-state index contributed by atoms with van der Waals surface area (Å²) < 4.78 is 36.6. The maximum Gasteiger partial charge on any atom is 0.231 e. The van der Waals surface area contributed by atoms with Gasteiger partial charge in [0.1, 0.15) is 0 Å². The SMILES string of the molecule is O=S(=O)(CC1CCC(CCN2CCC(c3cccc4c3OCO4)CC2)CC1)c1ccccc1. The van der Waals surface area contributed by atoms with Crippen molar-refractivity contribution in [3.63, 3.8) is 0 Å². The number of rotatable bonds is 7. The Morgan fingerprint density at radius 3 is 2.30 bits per heavy atom. The van der Waals surface area contributed by atoms with E-state index in [0.717, 1.165) is 49.9 Å². The first kappa shape index (κ1) is 22.7. The first-order chi connectivity index (χ1) is 16.1. The predicted molar refractivity (Wildman–Crippen MR) is 130 cm³/mol. The molecular formula is C27H35NO4S. The van der Waals surface area contributed by atoms with Gasteiger partial charge >= 0.3 is 0 Å². The molecule has 0 N–H and O–H groups in total. The number of sulfone groups is 1. The van der Waals surface area contributed by atoms with Gasteiger partial charge in [0.05, 0.1) is 10.6 Å². The Kier molecular flexibility index (Phi) is 6.93. The van der Waals surface area contributed by atoms with Crippen LogP contribution in [0.15, 0.2) is 53.4 Å². The van der Waals surface area contributed by atoms with E-state index < -0.39 is 9.84 Å². The van der Waals surface area contributed by atoms with E-state index in [1.807, 2.05) is 12.1 Å². The molecule has 33 heavy (non-hydrogen) atoms. The molecule has 0 spiro atoms. The van der Waals surface area contributed by atoms with Gasteiger partial charge in [-0.15, -0.1) is 0 Å². The lowest BCUT2D eigenvalue weighted by molar-refractivity contribution is 0.168. The lowest BCUT2D eigenvalue weighted by Gasteiger charge is -2.34. The average molecular weight is 470 g/mol. The Morgan fingerprint density at radius 2 is 1.55 bits per heavy atom. The summed E-state index contributed by atoms with van der Waals surface area (Å²) in [6.07, 6.45) is 7.99. The molecule has 0 amide bonds. The summed E-state index contributed by atoms with van der Waals surface area (Å²) in [4.78, 5) is 3.08. The molecule has 1 aliphatic carbocycles. The standard InChI is InChI=1S/C27H35NO4S/c29-33(30,24-5-2-1-3-6-24)19-22-11-9-21(10-12-22)13-16-28-17-14-23(15-18-28)25-7-4-8-26-27(25)32-20-31-26/h1-8,21-23H,9-20H2. The Balaban J connectivity index is 1.04. The van der Waals surface area contributed by atoms with Crippen LogP contribution in [-0.2, 0) is 9.84 Å². The van der Waals surface area contributed by atoms with Crippen molar-refractivity contribution >= 4 is 9.84 Å². The van der Waals surface area contributed by atoms with Crippen molar-refractivity contribution in [2.24, 2.45) is 11.8 Å². The normalized spacial score (nSPS) is 24.1. The molecule has 0 unspecified atom stereocenters. The summed E-state index contributed by atoms with van der Waals surface area (Å²) in [6, 6.07) is 15.2. The van der Waals surface area contributed by atoms with Crippen LogP contribution < -0.4 is 9.47 Å². The summed E-state index contributed by atoms with van der Waals surface area (Å²) in [5.74, 6) is 3.75. The van der Waals surface area contributed by atoms with Gasteiger partial charge in [0.15, 0.2) is 21.3 Å². The van der Waals surface area contributed by atoms with Gasteiger partial charge < -0.3 is 14.4 Å². The smallest absolute Gasteiger partial charge is 0.231 e. The van der Waals surface area contributed by atoms with Crippen molar-refractivity contribution < 1.29 is 17.9 Å². The number of fused-ring (bicyclic) bond motifs is 1. The van der Waals surface area contributed by atoms with E-state index in [-0.39, 0.29) is 0 Å². The van der Waals surface area contributed by atoms with Crippen LogP contribution in [0.3, 0.4) is 0 Å². The molecule has 0 bridgehead atoms. The monoisotopic (exact) mass is 469 g/mol. The van der Waals surface area contributed by atoms with Crippen LogP contribution in [0.5, 0.6) is 11.5 Å². The van der Waals surface area contributed by atoms with Gasteiger partial charge in [-0.25, -0.2) is 8.42 Å². The van der Waals surface area contributed by atoms with Crippen molar-refractivity contribution in [2.75, 3.05) is 32.2 Å². The maximum absolute atomic E-state index is 12.7. The first-order valence-electron chi connectivity index (χ1n) is 12.5. The molecule has 178 valence electrons. The lowest BCUT2D eigenvalue weighted by Crippen LogP contribution is -2.35. The number of hydrogen-bond acceptors (Lipinski definition) is 5. The van der Waals surface area contributed by atoms with E-state index in [9.17, 15) is 8.42 Å². The Bertz CT molecular complexity index is 1020. The van der Waals surface area contributed by atoms with Crippen LogP contribution in [0, 0.1) is 11.8 Å². The number of nitrogens with zero attached hydrogens (tertiary/aromatic N) is 1. The fourth-order valence-electron chi connectivity index (χ4n) is 5.83. The van der Waals surface area contributed by atoms with Crippen LogP contribution in [0.4, 0.5) is 0 Å². The molecule has 0 radical (unpaired) electrons. The Hall–Kier alpha value is -2.05. The van der Waals surface area contributed by atoms with Crippen LogP contribution in [0.1, 0.15) is 56.4 Å². The minimum atomic E-state index is -3.16. The molecule has 3 aliphatic rings. The van der Waals surface area contributed by atoms with E-state index in [0.29, 0.717) is 29.3 Å². The van der Waals surface area contributed by atoms with Gasteiger partial charge in [-0.3, -0.25) is 0 Å². The molecule has 2 aromatic carbocycles. The molecule has 5 nitrogen and oxygen atoms in total. The van der Waals surface area contributed by atoms with Crippen molar-refractivity contribution in [2.45, 2.75) is 55.8 Å². The van der Waals surface area contributed by atoms with Gasteiger partial charge in [-0.1, -0.05) is 43.2 Å². The molecule has 6 heteroatoms. The average Bonchev–Trinajstić information content (AvgIpc) is 3.34. The van der Waals surface area contributed by atoms with Crippen molar-refractivity contribution in [3.05, 3.63) is 54.1 Å². The molecular weight excluding hydrogens is 434 g/mol. The van der Waals surface area contributed by atoms with E-state index in [4.69, 9.17) is 9.47 Å². The summed E-state index contributed by atoms with van der Waals surface area (Å²) in [5.41, 5.74) is 1.31. The molecule has 0 atom stereocenters. The number of para-hydroxylation sites is 1. The lowest BCUT2D eigenvalue weighted by atomic mass is 9.81. The zero-order chi connectivity index (χ0) is 22.7. The Morgan fingerprint density at radius 1 is 0.818 bits per heavy atom. The van der Waals surface area contributed by atoms with Crippen molar-refractivity contribution in [1.29, 1.82) is 0 Å². The molecule has 2 heterocycles. The molecule has 2 aromatic rings. The van der Waals surface area contributed by atoms with Gasteiger partial charge in [-0.2, -0.15) is 0 Å². The van der Waals surface area contributed by atoms with Crippen LogP contribution in [0.25, 0.3) is 0 Å². The Labute approximate surface area is 198 Å². The minimum absolute atomic E-state index is 0.301. The summed E-state index contributed by atoms with van der Waals surface area (Å²) >= 11 is 0. The predicted octanol–water partition coefficient (Wildman–Crippen LogP) is 5.27. The molecule has 1 saturated carbocycles. The third-order valence-electron chi connectivity index (χ3n) is 7.83. The van der Waals surface area contributed by atoms with E-state index >= 15 is 0 Å². The van der Waals surface area contributed by atoms with E-state index in [2.05, 4.69) is 17.0 Å². The highest BCUT2D eigenvalue weighted by molar-refractivity contribution is 7.91. The van der Waals surface area contributed by atoms with Gasteiger partial charge in [-0.05, 0) is 87.7 Å². The highest BCUT2D eigenvalue weighted by Crippen LogP contribution is 2.42. The molecule has 5 rings (SSSR count). The fraction of sp³-hybridized carbons (Fsp3) is 0.556. The maximum atomic E-state index is 12.7. The topological polar surface area (TPSA) is 55.8 Å². The van der Waals surface area contributed by atoms with Crippen LogP contribution >= 0.6 is 0 Å². The number of ether oxygens (including phenoxy) is 2. The van der Waals surface area contributed by atoms with Gasteiger partial charge in [0.25, 0.3) is 0 Å². The number of likely N-dealkylation sites (tertiary alicyclic amines) is 1. The number of hydrogen-bond donors (Lipinski definition) is 0.